The summed E-state index contributed by atoms with van der Waals surface area (Å²) >= 11 is 3.53. The fourth-order valence-electron chi connectivity index (χ4n) is 2.28. The van der Waals surface area contributed by atoms with E-state index < -0.39 is 0 Å². The molecule has 0 atom stereocenters. The zero-order chi connectivity index (χ0) is 10.8. The van der Waals surface area contributed by atoms with Gasteiger partial charge in [0.1, 0.15) is 5.82 Å². The first kappa shape index (κ1) is 13.9. The third-order valence-corrected chi connectivity index (χ3v) is 3.83. The maximum absolute atomic E-state index is 13.5. The van der Waals surface area contributed by atoms with Crippen LogP contribution in [-0.2, 0) is 0 Å². The first-order chi connectivity index (χ1) is 7.20. The molecule has 0 amide bonds. The lowest BCUT2D eigenvalue weighted by Gasteiger charge is -2.25. The number of hydrogen-bond acceptors (Lipinski definition) is 1. The van der Waals surface area contributed by atoms with Gasteiger partial charge in [0.25, 0.3) is 0 Å². The predicted octanol–water partition coefficient (Wildman–Crippen LogP) is 3.79. The van der Waals surface area contributed by atoms with Crippen molar-refractivity contribution in [3.63, 3.8) is 0 Å². The second-order valence-corrected chi connectivity index (χ2v) is 4.95. The second-order valence-electron chi connectivity index (χ2n) is 4.09. The highest BCUT2D eigenvalue weighted by molar-refractivity contribution is 9.10. The number of benzene rings is 1. The normalized spacial score (nSPS) is 16.9. The van der Waals surface area contributed by atoms with Gasteiger partial charge in [0.2, 0.25) is 0 Å². The Morgan fingerprint density at radius 2 is 1.94 bits per heavy atom. The largest absolute Gasteiger partial charge is 0.317 e. The first-order valence-electron chi connectivity index (χ1n) is 5.35. The van der Waals surface area contributed by atoms with Gasteiger partial charge in [-0.1, -0.05) is 15.9 Å². The van der Waals surface area contributed by atoms with Crippen molar-refractivity contribution >= 4 is 28.3 Å². The van der Waals surface area contributed by atoms with Crippen LogP contribution in [0.3, 0.4) is 0 Å². The standard InChI is InChI=1S/C12H15BrFN.ClH/c1-8-11(14)3-2-10(13)12(8)9-4-6-15-7-5-9;/h2-3,9,15H,4-7H2,1H3;1H. The summed E-state index contributed by atoms with van der Waals surface area (Å²) in [6.45, 7) is 3.94. The number of hydrogen-bond donors (Lipinski definition) is 1. The molecule has 1 aliphatic heterocycles. The van der Waals surface area contributed by atoms with Crippen LogP contribution in [0, 0.1) is 12.7 Å². The Labute approximate surface area is 110 Å². The van der Waals surface area contributed by atoms with Crippen molar-refractivity contribution in [3.05, 3.63) is 33.5 Å². The average Bonchev–Trinajstić information content (AvgIpc) is 2.26. The molecule has 1 N–H and O–H groups in total. The van der Waals surface area contributed by atoms with Crippen LogP contribution in [0.15, 0.2) is 16.6 Å². The summed E-state index contributed by atoms with van der Waals surface area (Å²) in [4.78, 5) is 0. The van der Waals surface area contributed by atoms with Crippen molar-refractivity contribution in [2.24, 2.45) is 0 Å². The SMILES string of the molecule is Cc1c(F)ccc(Br)c1C1CCNCC1.Cl. The summed E-state index contributed by atoms with van der Waals surface area (Å²) < 4.78 is 14.5. The van der Waals surface area contributed by atoms with Crippen LogP contribution in [0.5, 0.6) is 0 Å². The van der Waals surface area contributed by atoms with Crippen molar-refractivity contribution in [1.82, 2.24) is 5.32 Å². The molecule has 90 valence electrons. The van der Waals surface area contributed by atoms with Gasteiger partial charge in [0.15, 0.2) is 0 Å². The molecule has 1 fully saturated rings. The summed E-state index contributed by atoms with van der Waals surface area (Å²) in [5.74, 6) is 0.406. The van der Waals surface area contributed by atoms with E-state index >= 15 is 0 Å². The molecule has 4 heteroatoms. The molecule has 0 spiro atoms. The van der Waals surface area contributed by atoms with Crippen LogP contribution >= 0.6 is 28.3 Å². The lowest BCUT2D eigenvalue weighted by Crippen LogP contribution is -2.27. The summed E-state index contributed by atoms with van der Waals surface area (Å²) in [7, 11) is 0. The van der Waals surface area contributed by atoms with Crippen molar-refractivity contribution < 1.29 is 4.39 Å². The molecule has 1 heterocycles. The molecule has 1 aliphatic rings. The third-order valence-electron chi connectivity index (χ3n) is 3.14. The molecule has 1 aromatic carbocycles. The third kappa shape index (κ3) is 2.76. The highest BCUT2D eigenvalue weighted by atomic mass is 79.9. The van der Waals surface area contributed by atoms with E-state index in [4.69, 9.17) is 0 Å². The predicted molar refractivity (Wildman–Crippen MR) is 70.9 cm³/mol. The summed E-state index contributed by atoms with van der Waals surface area (Å²) in [5.41, 5.74) is 1.97. The summed E-state index contributed by atoms with van der Waals surface area (Å²) in [5, 5.41) is 3.33. The van der Waals surface area contributed by atoms with Crippen LogP contribution in [0.1, 0.15) is 29.9 Å². The topological polar surface area (TPSA) is 12.0 Å². The Bertz CT molecular complexity index is 364. The Kier molecular flexibility index (Phi) is 5.22. The van der Waals surface area contributed by atoms with E-state index in [9.17, 15) is 4.39 Å². The molecule has 0 saturated carbocycles. The van der Waals surface area contributed by atoms with Gasteiger partial charge in [-0.2, -0.15) is 0 Å². The Morgan fingerprint density at radius 1 is 1.31 bits per heavy atom. The lowest BCUT2D eigenvalue weighted by atomic mass is 9.87. The van der Waals surface area contributed by atoms with Gasteiger partial charge in [-0.25, -0.2) is 4.39 Å². The van der Waals surface area contributed by atoms with Gasteiger partial charge < -0.3 is 5.32 Å². The molecular weight excluding hydrogens is 292 g/mol. The van der Waals surface area contributed by atoms with E-state index in [0.717, 1.165) is 41.5 Å². The van der Waals surface area contributed by atoms with E-state index in [1.54, 1.807) is 0 Å². The number of piperidine rings is 1. The van der Waals surface area contributed by atoms with Crippen LogP contribution in [0.4, 0.5) is 4.39 Å². The minimum absolute atomic E-state index is 0. The van der Waals surface area contributed by atoms with Crippen LogP contribution in [0.2, 0.25) is 0 Å². The zero-order valence-corrected chi connectivity index (χ0v) is 11.6. The quantitative estimate of drug-likeness (QED) is 0.832. The molecule has 0 bridgehead atoms. The van der Waals surface area contributed by atoms with Crippen molar-refractivity contribution in [3.8, 4) is 0 Å². The molecule has 0 unspecified atom stereocenters. The van der Waals surface area contributed by atoms with E-state index in [1.165, 1.54) is 6.07 Å². The fraction of sp³-hybridized carbons (Fsp3) is 0.500. The monoisotopic (exact) mass is 307 g/mol. The lowest BCUT2D eigenvalue weighted by molar-refractivity contribution is 0.455. The fourth-order valence-corrected chi connectivity index (χ4v) is 3.03. The highest BCUT2D eigenvalue weighted by Crippen LogP contribution is 2.34. The zero-order valence-electron chi connectivity index (χ0n) is 9.22. The Hall–Kier alpha value is -0.120. The van der Waals surface area contributed by atoms with Crippen LogP contribution in [-0.4, -0.2) is 13.1 Å². The Balaban J connectivity index is 0.00000128. The molecule has 0 radical (unpaired) electrons. The average molecular weight is 309 g/mol. The molecule has 1 saturated heterocycles. The maximum Gasteiger partial charge on any atom is 0.126 e. The van der Waals surface area contributed by atoms with E-state index in [2.05, 4.69) is 21.2 Å². The molecule has 1 aromatic rings. The van der Waals surface area contributed by atoms with Gasteiger partial charge in [-0.3, -0.25) is 0 Å². The van der Waals surface area contributed by atoms with Gasteiger partial charge in [-0.05, 0) is 62.0 Å². The van der Waals surface area contributed by atoms with Crippen LogP contribution < -0.4 is 5.32 Å². The number of nitrogens with one attached hydrogen (secondary N) is 1. The minimum Gasteiger partial charge on any atom is -0.317 e. The second kappa shape index (κ2) is 5.99. The van der Waals surface area contributed by atoms with Crippen molar-refractivity contribution in [2.75, 3.05) is 13.1 Å². The van der Waals surface area contributed by atoms with Crippen LogP contribution in [0.25, 0.3) is 0 Å². The smallest absolute Gasteiger partial charge is 0.126 e. The van der Waals surface area contributed by atoms with Gasteiger partial charge in [0, 0.05) is 4.47 Å². The van der Waals surface area contributed by atoms with E-state index in [-0.39, 0.29) is 18.2 Å². The van der Waals surface area contributed by atoms with Crippen molar-refractivity contribution in [2.45, 2.75) is 25.7 Å². The van der Waals surface area contributed by atoms with Gasteiger partial charge in [0.05, 0.1) is 0 Å². The maximum atomic E-state index is 13.5. The van der Waals surface area contributed by atoms with E-state index in [1.807, 2.05) is 13.0 Å². The highest BCUT2D eigenvalue weighted by Gasteiger charge is 2.20. The molecular formula is C12H16BrClFN. The van der Waals surface area contributed by atoms with Gasteiger partial charge in [-0.15, -0.1) is 12.4 Å². The van der Waals surface area contributed by atoms with Gasteiger partial charge >= 0.3 is 0 Å². The Morgan fingerprint density at radius 3 is 2.56 bits per heavy atom. The minimum atomic E-state index is -0.0910. The molecule has 1 nitrogen and oxygen atoms in total. The first-order valence-corrected chi connectivity index (χ1v) is 6.14. The molecule has 0 aromatic heterocycles. The molecule has 2 rings (SSSR count). The molecule has 0 aliphatic carbocycles. The van der Waals surface area contributed by atoms with E-state index in [0.29, 0.717) is 5.92 Å². The summed E-state index contributed by atoms with van der Waals surface area (Å²) in [6, 6.07) is 3.35. The number of halogens is 3. The summed E-state index contributed by atoms with van der Waals surface area (Å²) in [6.07, 6.45) is 2.20. The van der Waals surface area contributed by atoms with Crippen molar-refractivity contribution in [1.29, 1.82) is 0 Å². The molecule has 16 heavy (non-hydrogen) atoms. The number of rotatable bonds is 1.